The Morgan fingerprint density at radius 3 is 2.75 bits per heavy atom. The van der Waals surface area contributed by atoms with E-state index >= 15 is 0 Å². The number of carbonyl (C=O) groups is 1. The van der Waals surface area contributed by atoms with Crippen LogP contribution in [0.2, 0.25) is 0 Å². The number of hydrogen-bond donors (Lipinski definition) is 4. The maximum absolute atomic E-state index is 11.7. The topological polar surface area (TPSA) is 111 Å². The van der Waals surface area contributed by atoms with E-state index in [-0.39, 0.29) is 18.7 Å². The van der Waals surface area contributed by atoms with Gasteiger partial charge in [-0.3, -0.25) is 14.6 Å². The third kappa shape index (κ3) is 3.47. The van der Waals surface area contributed by atoms with Crippen molar-refractivity contribution in [1.82, 2.24) is 20.3 Å². The molecule has 106 valence electrons. The van der Waals surface area contributed by atoms with Crippen LogP contribution < -0.4 is 16.6 Å². The highest BCUT2D eigenvalue weighted by Gasteiger charge is 2.09. The number of H-pyrrole nitrogens is 3. The summed E-state index contributed by atoms with van der Waals surface area (Å²) < 4.78 is 0. The van der Waals surface area contributed by atoms with E-state index < -0.39 is 11.2 Å². The molecule has 0 saturated carbocycles. The molecule has 0 unspecified atom stereocenters. The zero-order valence-electron chi connectivity index (χ0n) is 11.1. The van der Waals surface area contributed by atoms with Crippen LogP contribution in [0, 0.1) is 6.92 Å². The van der Waals surface area contributed by atoms with Crippen LogP contribution in [0.1, 0.15) is 23.2 Å². The molecular weight excluding hydrogens is 260 g/mol. The zero-order chi connectivity index (χ0) is 14.5. The Labute approximate surface area is 114 Å². The van der Waals surface area contributed by atoms with Crippen LogP contribution in [-0.4, -0.2) is 20.9 Å². The Morgan fingerprint density at radius 1 is 1.30 bits per heavy atom. The van der Waals surface area contributed by atoms with Crippen molar-refractivity contribution in [3.63, 3.8) is 0 Å². The molecule has 7 heteroatoms. The Morgan fingerprint density at radius 2 is 2.10 bits per heavy atom. The molecule has 2 heterocycles. The number of aromatic amines is 3. The Hall–Kier alpha value is -2.57. The first-order valence-corrected chi connectivity index (χ1v) is 6.26. The second kappa shape index (κ2) is 6.05. The number of nitrogens with one attached hydrogen (secondary N) is 4. The van der Waals surface area contributed by atoms with E-state index in [0.717, 1.165) is 5.56 Å². The van der Waals surface area contributed by atoms with E-state index in [0.29, 0.717) is 17.8 Å². The quantitative estimate of drug-likeness (QED) is 0.614. The van der Waals surface area contributed by atoms with E-state index in [1.54, 1.807) is 19.3 Å². The monoisotopic (exact) mass is 276 g/mol. The lowest BCUT2D eigenvalue weighted by atomic mass is 10.1. The van der Waals surface area contributed by atoms with Gasteiger partial charge in [0, 0.05) is 36.6 Å². The van der Waals surface area contributed by atoms with Crippen molar-refractivity contribution in [3.8, 4) is 0 Å². The lowest BCUT2D eigenvalue weighted by Gasteiger charge is -2.05. The summed E-state index contributed by atoms with van der Waals surface area (Å²) in [4.78, 5) is 41.9. The summed E-state index contributed by atoms with van der Waals surface area (Å²) in [5.74, 6) is -0.142. The third-order valence-corrected chi connectivity index (χ3v) is 3.01. The van der Waals surface area contributed by atoms with Gasteiger partial charge in [-0.2, -0.15) is 0 Å². The van der Waals surface area contributed by atoms with Gasteiger partial charge in [-0.05, 0) is 25.0 Å². The molecule has 0 atom stereocenters. The van der Waals surface area contributed by atoms with Gasteiger partial charge in [0.15, 0.2) is 0 Å². The molecule has 2 aromatic heterocycles. The SMILES string of the molecule is Cc1[nH]c(=O)[nH]c(=O)c1CCC(=O)NCc1cc[nH]c1. The van der Waals surface area contributed by atoms with Gasteiger partial charge in [-0.1, -0.05) is 0 Å². The van der Waals surface area contributed by atoms with E-state index in [1.807, 2.05) is 6.07 Å². The van der Waals surface area contributed by atoms with Crippen molar-refractivity contribution in [2.45, 2.75) is 26.3 Å². The fourth-order valence-corrected chi connectivity index (χ4v) is 1.92. The summed E-state index contributed by atoms with van der Waals surface area (Å²) in [5.41, 5.74) is 0.938. The molecule has 0 spiro atoms. The summed E-state index contributed by atoms with van der Waals surface area (Å²) in [6.07, 6.45) is 4.07. The van der Waals surface area contributed by atoms with Gasteiger partial charge in [-0.25, -0.2) is 4.79 Å². The molecule has 20 heavy (non-hydrogen) atoms. The molecule has 0 radical (unpaired) electrons. The van der Waals surface area contributed by atoms with Crippen LogP contribution in [-0.2, 0) is 17.8 Å². The number of carbonyl (C=O) groups excluding carboxylic acids is 1. The van der Waals surface area contributed by atoms with Crippen LogP contribution in [0.5, 0.6) is 0 Å². The Kier molecular flexibility index (Phi) is 4.19. The lowest BCUT2D eigenvalue weighted by Crippen LogP contribution is -2.29. The number of hydrogen-bond acceptors (Lipinski definition) is 3. The maximum atomic E-state index is 11.7. The first-order chi connectivity index (χ1) is 9.56. The molecule has 0 saturated heterocycles. The molecule has 0 bridgehead atoms. The normalized spacial score (nSPS) is 10.4. The van der Waals surface area contributed by atoms with Crippen LogP contribution >= 0.6 is 0 Å². The first-order valence-electron chi connectivity index (χ1n) is 6.26. The summed E-state index contributed by atoms with van der Waals surface area (Å²) >= 11 is 0. The molecule has 2 rings (SSSR count). The fraction of sp³-hybridized carbons (Fsp3) is 0.308. The van der Waals surface area contributed by atoms with Crippen molar-refractivity contribution in [3.05, 3.63) is 56.1 Å². The molecular formula is C13H16N4O3. The van der Waals surface area contributed by atoms with E-state index in [2.05, 4.69) is 20.3 Å². The molecule has 0 aliphatic heterocycles. The lowest BCUT2D eigenvalue weighted by molar-refractivity contribution is -0.121. The minimum Gasteiger partial charge on any atom is -0.367 e. The molecule has 0 aliphatic carbocycles. The molecule has 0 aliphatic rings. The van der Waals surface area contributed by atoms with Crippen molar-refractivity contribution in [1.29, 1.82) is 0 Å². The predicted octanol–water partition coefficient (Wildman–Crippen LogP) is -0.0513. The number of rotatable bonds is 5. The van der Waals surface area contributed by atoms with Crippen LogP contribution in [0.25, 0.3) is 0 Å². The fourth-order valence-electron chi connectivity index (χ4n) is 1.92. The van der Waals surface area contributed by atoms with Crippen LogP contribution in [0.15, 0.2) is 28.0 Å². The zero-order valence-corrected chi connectivity index (χ0v) is 11.1. The predicted molar refractivity (Wildman–Crippen MR) is 73.4 cm³/mol. The average Bonchev–Trinajstić information content (AvgIpc) is 2.88. The Balaban J connectivity index is 1.90. The van der Waals surface area contributed by atoms with Gasteiger partial charge in [0.1, 0.15) is 0 Å². The van der Waals surface area contributed by atoms with E-state index in [1.165, 1.54) is 0 Å². The molecule has 0 aromatic carbocycles. The van der Waals surface area contributed by atoms with Gasteiger partial charge >= 0.3 is 5.69 Å². The second-order valence-electron chi connectivity index (χ2n) is 4.51. The number of amides is 1. The first kappa shape index (κ1) is 13.9. The van der Waals surface area contributed by atoms with Crippen molar-refractivity contribution < 1.29 is 4.79 Å². The highest BCUT2D eigenvalue weighted by molar-refractivity contribution is 5.76. The molecule has 0 fully saturated rings. The van der Waals surface area contributed by atoms with E-state index in [9.17, 15) is 14.4 Å². The van der Waals surface area contributed by atoms with Gasteiger partial charge < -0.3 is 15.3 Å². The summed E-state index contributed by atoms with van der Waals surface area (Å²) in [6, 6.07) is 1.87. The van der Waals surface area contributed by atoms with Crippen molar-refractivity contribution in [2.75, 3.05) is 0 Å². The Bertz CT molecular complexity index is 697. The standard InChI is InChI=1S/C13H16N4O3/c1-8-10(12(19)17-13(20)16-8)2-3-11(18)15-7-9-4-5-14-6-9/h4-6,14H,2-3,7H2,1H3,(H,15,18)(H2,16,17,19,20). The van der Waals surface area contributed by atoms with Gasteiger partial charge in [0.05, 0.1) is 0 Å². The minimum absolute atomic E-state index is 0.142. The molecule has 4 N–H and O–H groups in total. The smallest absolute Gasteiger partial charge is 0.325 e. The summed E-state index contributed by atoms with van der Waals surface area (Å²) in [6.45, 7) is 2.09. The number of aryl methyl sites for hydroxylation is 1. The third-order valence-electron chi connectivity index (χ3n) is 3.01. The average molecular weight is 276 g/mol. The largest absolute Gasteiger partial charge is 0.367 e. The van der Waals surface area contributed by atoms with E-state index in [4.69, 9.17) is 0 Å². The van der Waals surface area contributed by atoms with Crippen LogP contribution in [0.4, 0.5) is 0 Å². The van der Waals surface area contributed by atoms with Gasteiger partial charge in [0.2, 0.25) is 5.91 Å². The molecule has 2 aromatic rings. The van der Waals surface area contributed by atoms with Gasteiger partial charge in [0.25, 0.3) is 5.56 Å². The van der Waals surface area contributed by atoms with Crippen molar-refractivity contribution >= 4 is 5.91 Å². The van der Waals surface area contributed by atoms with Crippen molar-refractivity contribution in [2.24, 2.45) is 0 Å². The number of aromatic nitrogens is 3. The van der Waals surface area contributed by atoms with Crippen LogP contribution in [0.3, 0.4) is 0 Å². The maximum Gasteiger partial charge on any atom is 0.325 e. The molecule has 7 nitrogen and oxygen atoms in total. The second-order valence-corrected chi connectivity index (χ2v) is 4.51. The summed E-state index contributed by atoms with van der Waals surface area (Å²) in [7, 11) is 0. The van der Waals surface area contributed by atoms with Gasteiger partial charge in [-0.15, -0.1) is 0 Å². The molecule has 1 amide bonds. The minimum atomic E-state index is -0.534. The summed E-state index contributed by atoms with van der Waals surface area (Å²) in [5, 5.41) is 2.76. The highest BCUT2D eigenvalue weighted by Crippen LogP contribution is 2.01. The highest BCUT2D eigenvalue weighted by atomic mass is 16.2.